The summed E-state index contributed by atoms with van der Waals surface area (Å²) in [5, 5.41) is 14.5. The lowest BCUT2D eigenvalue weighted by atomic mass is 10.2. The Balaban J connectivity index is 1.53. The van der Waals surface area contributed by atoms with Gasteiger partial charge in [0.05, 0.1) is 38.6 Å². The molecule has 6 heteroatoms. The highest BCUT2D eigenvalue weighted by molar-refractivity contribution is 6.33. The number of hydrogen-bond acceptors (Lipinski definition) is 4. The predicted octanol–water partition coefficient (Wildman–Crippen LogP) is 3.98. The fraction of sp³-hybridized carbons (Fsp3) is 0.222. The molecule has 0 saturated carbocycles. The van der Waals surface area contributed by atoms with Crippen LogP contribution in [0.1, 0.15) is 11.1 Å². The van der Waals surface area contributed by atoms with E-state index in [4.69, 9.17) is 23.2 Å². The van der Waals surface area contributed by atoms with Gasteiger partial charge in [0.25, 0.3) is 0 Å². The highest BCUT2D eigenvalue weighted by Gasteiger charge is 2.13. The largest absolute Gasteiger partial charge is 0.293 e. The van der Waals surface area contributed by atoms with E-state index in [1.54, 1.807) is 0 Å². The number of piperazine rings is 1. The fourth-order valence-electron chi connectivity index (χ4n) is 2.36. The Hall–Kier alpha value is -2.04. The molecule has 1 heterocycles. The summed E-state index contributed by atoms with van der Waals surface area (Å²) in [7, 11) is 0. The van der Waals surface area contributed by atoms with Gasteiger partial charge in [0.2, 0.25) is 0 Å². The van der Waals surface area contributed by atoms with Gasteiger partial charge in [-0.25, -0.2) is 0 Å². The summed E-state index contributed by atoms with van der Waals surface area (Å²) in [6.07, 6.45) is 3.62. The van der Waals surface area contributed by atoms with Crippen molar-refractivity contribution in [3.05, 3.63) is 69.7 Å². The zero-order valence-electron chi connectivity index (χ0n) is 13.1. The van der Waals surface area contributed by atoms with Crippen LogP contribution in [0.2, 0.25) is 10.0 Å². The van der Waals surface area contributed by atoms with E-state index >= 15 is 0 Å². The van der Waals surface area contributed by atoms with Crippen molar-refractivity contribution in [3.63, 3.8) is 0 Å². The number of hydrogen-bond donors (Lipinski definition) is 0. The predicted molar refractivity (Wildman–Crippen MR) is 101 cm³/mol. The Labute approximate surface area is 152 Å². The average Bonchev–Trinajstić information content (AvgIpc) is 2.61. The van der Waals surface area contributed by atoms with Gasteiger partial charge in [-0.3, -0.25) is 10.0 Å². The van der Waals surface area contributed by atoms with Crippen LogP contribution < -0.4 is 0 Å². The van der Waals surface area contributed by atoms with Crippen LogP contribution >= 0.6 is 23.2 Å². The van der Waals surface area contributed by atoms with Crippen LogP contribution in [0, 0.1) is 0 Å². The highest BCUT2D eigenvalue weighted by atomic mass is 35.5. The van der Waals surface area contributed by atoms with Gasteiger partial charge in [-0.1, -0.05) is 59.6 Å². The first-order valence-corrected chi connectivity index (χ1v) is 8.55. The summed E-state index contributed by atoms with van der Waals surface area (Å²) in [6, 6.07) is 15.4. The van der Waals surface area contributed by atoms with Crippen molar-refractivity contribution >= 4 is 35.6 Å². The minimum absolute atomic E-state index is 0.712. The van der Waals surface area contributed by atoms with Crippen LogP contribution in [0.25, 0.3) is 0 Å². The summed E-state index contributed by atoms with van der Waals surface area (Å²) in [4.78, 5) is 0. The standard InChI is InChI=1S/C18H18Cl2N4/c19-17-7-3-1-5-15(17)13-21-23-9-11-24(12-10-23)22-14-16-6-2-4-8-18(16)20/h1-8,13-14H,9-12H2/b21-13-,22-14-. The van der Waals surface area contributed by atoms with Gasteiger partial charge in [0, 0.05) is 21.2 Å². The topological polar surface area (TPSA) is 31.2 Å². The molecule has 2 aromatic rings. The van der Waals surface area contributed by atoms with Crippen LogP contribution in [0.5, 0.6) is 0 Å². The maximum absolute atomic E-state index is 6.13. The lowest BCUT2D eigenvalue weighted by Gasteiger charge is -2.31. The molecule has 2 aromatic carbocycles. The Kier molecular flexibility index (Phi) is 5.72. The normalized spacial score (nSPS) is 15.6. The Morgan fingerprint density at radius 2 is 1.04 bits per heavy atom. The molecule has 0 unspecified atom stereocenters. The summed E-state index contributed by atoms with van der Waals surface area (Å²) >= 11 is 12.3. The fourth-order valence-corrected chi connectivity index (χ4v) is 2.73. The van der Waals surface area contributed by atoms with E-state index in [1.807, 2.05) is 71.0 Å². The maximum atomic E-state index is 6.13. The van der Waals surface area contributed by atoms with Crippen LogP contribution in [0.4, 0.5) is 0 Å². The van der Waals surface area contributed by atoms with Crippen molar-refractivity contribution in [2.75, 3.05) is 26.2 Å². The number of rotatable bonds is 4. The molecule has 124 valence electrons. The molecule has 0 aromatic heterocycles. The van der Waals surface area contributed by atoms with Crippen LogP contribution in [-0.2, 0) is 0 Å². The van der Waals surface area contributed by atoms with Gasteiger partial charge in [-0.15, -0.1) is 0 Å². The molecule has 3 rings (SSSR count). The molecule has 24 heavy (non-hydrogen) atoms. The van der Waals surface area contributed by atoms with Crippen LogP contribution in [0.3, 0.4) is 0 Å². The Morgan fingerprint density at radius 3 is 1.42 bits per heavy atom. The summed E-state index contributed by atoms with van der Waals surface area (Å²) in [6.45, 7) is 3.28. The monoisotopic (exact) mass is 360 g/mol. The van der Waals surface area contributed by atoms with Crippen molar-refractivity contribution in [3.8, 4) is 0 Å². The Morgan fingerprint density at radius 1 is 0.667 bits per heavy atom. The number of hydrazone groups is 2. The van der Waals surface area contributed by atoms with Crippen molar-refractivity contribution in [1.29, 1.82) is 0 Å². The third kappa shape index (κ3) is 4.49. The SMILES string of the molecule is Clc1ccccc1/C=N\N1CCN(/N=C\c2ccccc2Cl)CC1. The van der Waals surface area contributed by atoms with Crippen molar-refractivity contribution < 1.29 is 0 Å². The van der Waals surface area contributed by atoms with Crippen molar-refractivity contribution in [2.45, 2.75) is 0 Å². The third-order valence-corrected chi connectivity index (χ3v) is 4.45. The molecule has 0 atom stereocenters. The minimum Gasteiger partial charge on any atom is -0.293 e. The van der Waals surface area contributed by atoms with Crippen LogP contribution in [0.15, 0.2) is 58.7 Å². The van der Waals surface area contributed by atoms with E-state index in [9.17, 15) is 0 Å². The van der Waals surface area contributed by atoms with Gasteiger partial charge < -0.3 is 0 Å². The maximum Gasteiger partial charge on any atom is 0.0557 e. The second-order valence-corrected chi connectivity index (χ2v) is 6.25. The molecule has 1 aliphatic rings. The minimum atomic E-state index is 0.712. The first-order chi connectivity index (χ1) is 11.7. The summed E-state index contributed by atoms with van der Waals surface area (Å²) in [5.74, 6) is 0. The van der Waals surface area contributed by atoms with E-state index in [2.05, 4.69) is 10.2 Å². The molecule has 0 amide bonds. The molecule has 0 bridgehead atoms. The first-order valence-electron chi connectivity index (χ1n) is 7.79. The third-order valence-electron chi connectivity index (χ3n) is 3.76. The van der Waals surface area contributed by atoms with Gasteiger partial charge >= 0.3 is 0 Å². The van der Waals surface area contributed by atoms with Gasteiger partial charge in [-0.2, -0.15) is 10.2 Å². The quantitative estimate of drug-likeness (QED) is 0.772. The molecule has 1 saturated heterocycles. The average molecular weight is 361 g/mol. The van der Waals surface area contributed by atoms with Gasteiger partial charge in [0.15, 0.2) is 0 Å². The molecular formula is C18H18Cl2N4. The first kappa shape index (κ1) is 16.8. The smallest absolute Gasteiger partial charge is 0.0557 e. The van der Waals surface area contributed by atoms with E-state index < -0.39 is 0 Å². The molecule has 0 radical (unpaired) electrons. The van der Waals surface area contributed by atoms with Crippen molar-refractivity contribution in [1.82, 2.24) is 10.0 Å². The zero-order valence-corrected chi connectivity index (χ0v) is 14.7. The second-order valence-electron chi connectivity index (χ2n) is 5.44. The van der Waals surface area contributed by atoms with E-state index in [1.165, 1.54) is 0 Å². The van der Waals surface area contributed by atoms with E-state index in [0.29, 0.717) is 10.0 Å². The lowest BCUT2D eigenvalue weighted by molar-refractivity contribution is 0.141. The second kappa shape index (κ2) is 8.18. The molecule has 4 nitrogen and oxygen atoms in total. The molecular weight excluding hydrogens is 343 g/mol. The molecule has 0 N–H and O–H groups in total. The lowest BCUT2D eigenvalue weighted by Crippen LogP contribution is -2.41. The zero-order chi connectivity index (χ0) is 16.8. The number of halogens is 2. The number of benzene rings is 2. The van der Waals surface area contributed by atoms with Crippen molar-refractivity contribution in [2.24, 2.45) is 10.2 Å². The van der Waals surface area contributed by atoms with Gasteiger partial charge in [-0.05, 0) is 12.1 Å². The molecule has 1 aliphatic heterocycles. The Bertz CT molecular complexity index is 674. The molecule has 0 aliphatic carbocycles. The summed E-state index contributed by atoms with van der Waals surface area (Å²) < 4.78 is 0. The van der Waals surface area contributed by atoms with E-state index in [-0.39, 0.29) is 0 Å². The molecule has 0 spiro atoms. The summed E-state index contributed by atoms with van der Waals surface area (Å²) in [5.41, 5.74) is 1.86. The highest BCUT2D eigenvalue weighted by Crippen LogP contribution is 2.14. The van der Waals surface area contributed by atoms with E-state index in [0.717, 1.165) is 37.3 Å². The van der Waals surface area contributed by atoms with Crippen LogP contribution in [-0.4, -0.2) is 48.6 Å². The molecule has 1 fully saturated rings. The van der Waals surface area contributed by atoms with Gasteiger partial charge in [0.1, 0.15) is 0 Å². The number of nitrogens with zero attached hydrogens (tertiary/aromatic N) is 4.